The van der Waals surface area contributed by atoms with Gasteiger partial charge in [-0.2, -0.15) is 0 Å². The van der Waals surface area contributed by atoms with E-state index in [0.717, 1.165) is 0 Å². The number of nitro benzene ring substituents is 1. The van der Waals surface area contributed by atoms with Crippen LogP contribution in [0.1, 0.15) is 17.3 Å². The zero-order valence-electron chi connectivity index (χ0n) is 9.10. The van der Waals surface area contributed by atoms with Crippen LogP contribution in [0.5, 0.6) is 0 Å². The lowest BCUT2D eigenvalue weighted by molar-refractivity contribution is -0.384. The van der Waals surface area contributed by atoms with Crippen molar-refractivity contribution in [2.75, 3.05) is 6.61 Å². The normalized spacial score (nSPS) is 10.4. The van der Waals surface area contributed by atoms with E-state index >= 15 is 0 Å². The second kappa shape index (κ2) is 4.25. The number of carbonyl (C=O) groups is 1. The summed E-state index contributed by atoms with van der Waals surface area (Å²) < 4.78 is 4.88. The van der Waals surface area contributed by atoms with Gasteiger partial charge in [-0.15, -0.1) is 0 Å². The quantitative estimate of drug-likeness (QED) is 0.501. The van der Waals surface area contributed by atoms with Gasteiger partial charge < -0.3 is 9.72 Å². The minimum atomic E-state index is -0.482. The minimum absolute atomic E-state index is 0.0187. The van der Waals surface area contributed by atoms with Crippen molar-refractivity contribution in [3.63, 3.8) is 0 Å². The summed E-state index contributed by atoms with van der Waals surface area (Å²) >= 11 is 0. The highest BCUT2D eigenvalue weighted by Gasteiger charge is 2.15. The van der Waals surface area contributed by atoms with E-state index in [9.17, 15) is 14.9 Å². The molecule has 0 saturated carbocycles. The first-order chi connectivity index (χ1) is 8.13. The molecule has 0 fully saturated rings. The van der Waals surface area contributed by atoms with Crippen LogP contribution >= 0.6 is 0 Å². The average Bonchev–Trinajstić information content (AvgIpc) is 2.71. The zero-order chi connectivity index (χ0) is 12.4. The van der Waals surface area contributed by atoms with Crippen LogP contribution in [0.25, 0.3) is 10.9 Å². The van der Waals surface area contributed by atoms with E-state index in [0.29, 0.717) is 23.1 Å². The molecular formula is C11H10N2O4. The molecule has 0 spiro atoms. The molecule has 6 nitrogen and oxygen atoms in total. The van der Waals surface area contributed by atoms with E-state index in [1.165, 1.54) is 24.4 Å². The molecule has 0 radical (unpaired) electrons. The number of nitrogens with one attached hydrogen (secondary N) is 1. The summed E-state index contributed by atoms with van der Waals surface area (Å²) in [6.45, 7) is 2.01. The molecule has 0 aliphatic rings. The van der Waals surface area contributed by atoms with Crippen LogP contribution in [0, 0.1) is 10.1 Å². The van der Waals surface area contributed by atoms with Crippen molar-refractivity contribution < 1.29 is 14.5 Å². The van der Waals surface area contributed by atoms with Gasteiger partial charge in [0, 0.05) is 23.7 Å². The van der Waals surface area contributed by atoms with E-state index in [1.807, 2.05) is 0 Å². The van der Waals surface area contributed by atoms with Crippen LogP contribution in [0.2, 0.25) is 0 Å². The molecule has 17 heavy (non-hydrogen) atoms. The van der Waals surface area contributed by atoms with Crippen LogP contribution in [0.15, 0.2) is 24.4 Å². The third kappa shape index (κ3) is 1.96. The molecular weight excluding hydrogens is 224 g/mol. The Kier molecular flexibility index (Phi) is 2.78. The molecule has 0 aliphatic heterocycles. The number of ether oxygens (including phenoxy) is 1. The Hall–Kier alpha value is -2.37. The van der Waals surface area contributed by atoms with E-state index in [1.54, 1.807) is 6.92 Å². The summed E-state index contributed by atoms with van der Waals surface area (Å²) in [4.78, 5) is 24.5. The Balaban J connectivity index is 2.48. The maximum absolute atomic E-state index is 11.6. The molecule has 88 valence electrons. The van der Waals surface area contributed by atoms with Gasteiger partial charge >= 0.3 is 5.97 Å². The van der Waals surface area contributed by atoms with Crippen molar-refractivity contribution >= 4 is 22.6 Å². The third-order valence-corrected chi connectivity index (χ3v) is 2.37. The maximum atomic E-state index is 11.6. The largest absolute Gasteiger partial charge is 0.462 e. The van der Waals surface area contributed by atoms with Crippen molar-refractivity contribution in [3.05, 3.63) is 40.1 Å². The molecule has 2 rings (SSSR count). The highest BCUT2D eigenvalue weighted by molar-refractivity contribution is 6.04. The smallest absolute Gasteiger partial charge is 0.340 e. The fraction of sp³-hybridized carbons (Fsp3) is 0.182. The summed E-state index contributed by atoms with van der Waals surface area (Å²) in [6.07, 6.45) is 1.49. The summed E-state index contributed by atoms with van der Waals surface area (Å²) in [6, 6.07) is 4.28. The molecule has 0 saturated heterocycles. The second-order valence-electron chi connectivity index (χ2n) is 3.41. The molecule has 6 heteroatoms. The van der Waals surface area contributed by atoms with Gasteiger partial charge in [0.05, 0.1) is 22.6 Å². The minimum Gasteiger partial charge on any atom is -0.462 e. The Morgan fingerprint density at radius 3 is 2.94 bits per heavy atom. The first kappa shape index (κ1) is 11.1. The fourth-order valence-electron chi connectivity index (χ4n) is 1.61. The molecule has 0 aliphatic carbocycles. The molecule has 1 aromatic heterocycles. The molecule has 1 N–H and O–H groups in total. The summed E-state index contributed by atoms with van der Waals surface area (Å²) in [5.41, 5.74) is 0.911. The number of non-ortho nitro benzene ring substituents is 1. The molecule has 1 aromatic carbocycles. The predicted molar refractivity (Wildman–Crippen MR) is 60.9 cm³/mol. The van der Waals surface area contributed by atoms with Gasteiger partial charge in [0.2, 0.25) is 0 Å². The highest BCUT2D eigenvalue weighted by Crippen LogP contribution is 2.23. The van der Waals surface area contributed by atoms with Crippen molar-refractivity contribution in [2.45, 2.75) is 6.92 Å². The molecule has 0 atom stereocenters. The molecule has 0 unspecified atom stereocenters. The van der Waals surface area contributed by atoms with Gasteiger partial charge in [0.25, 0.3) is 5.69 Å². The Labute approximate surface area is 96.3 Å². The summed E-state index contributed by atoms with van der Waals surface area (Å²) in [5.74, 6) is -0.437. The van der Waals surface area contributed by atoms with E-state index in [-0.39, 0.29) is 5.69 Å². The number of H-pyrrole nitrogens is 1. The van der Waals surface area contributed by atoms with Crippen molar-refractivity contribution in [2.24, 2.45) is 0 Å². The zero-order valence-corrected chi connectivity index (χ0v) is 9.10. The number of benzene rings is 1. The number of fused-ring (bicyclic) bond motifs is 1. The van der Waals surface area contributed by atoms with Crippen LogP contribution < -0.4 is 0 Å². The number of nitrogens with zero attached hydrogens (tertiary/aromatic N) is 1. The Morgan fingerprint density at radius 2 is 2.29 bits per heavy atom. The Bertz CT molecular complexity index is 588. The van der Waals surface area contributed by atoms with Crippen molar-refractivity contribution in [1.29, 1.82) is 0 Å². The van der Waals surface area contributed by atoms with Crippen LogP contribution in [0.3, 0.4) is 0 Å². The van der Waals surface area contributed by atoms with E-state index in [2.05, 4.69) is 4.98 Å². The SMILES string of the molecule is CCOC(=O)c1c[nH]c2cc([N+](=O)[O-])ccc12. The summed E-state index contributed by atoms with van der Waals surface area (Å²) in [7, 11) is 0. The predicted octanol–water partition coefficient (Wildman–Crippen LogP) is 2.25. The van der Waals surface area contributed by atoms with Crippen LogP contribution in [-0.2, 0) is 4.74 Å². The molecule has 0 amide bonds. The lowest BCUT2D eigenvalue weighted by atomic mass is 10.1. The van der Waals surface area contributed by atoms with Gasteiger partial charge in [0.15, 0.2) is 0 Å². The number of hydrogen-bond acceptors (Lipinski definition) is 4. The lowest BCUT2D eigenvalue weighted by Gasteiger charge is -1.99. The monoisotopic (exact) mass is 234 g/mol. The topological polar surface area (TPSA) is 85.2 Å². The second-order valence-corrected chi connectivity index (χ2v) is 3.41. The molecule has 1 heterocycles. The van der Waals surface area contributed by atoms with Gasteiger partial charge in [-0.25, -0.2) is 4.79 Å². The number of aromatic nitrogens is 1. The average molecular weight is 234 g/mol. The number of aromatic amines is 1. The van der Waals surface area contributed by atoms with Crippen molar-refractivity contribution in [3.8, 4) is 0 Å². The van der Waals surface area contributed by atoms with Gasteiger partial charge in [-0.3, -0.25) is 10.1 Å². The Morgan fingerprint density at radius 1 is 1.53 bits per heavy atom. The first-order valence-corrected chi connectivity index (χ1v) is 5.06. The number of esters is 1. The number of carbonyl (C=O) groups excluding carboxylic acids is 1. The highest BCUT2D eigenvalue weighted by atomic mass is 16.6. The van der Waals surface area contributed by atoms with Gasteiger partial charge in [-0.05, 0) is 13.0 Å². The lowest BCUT2D eigenvalue weighted by Crippen LogP contribution is -2.03. The van der Waals surface area contributed by atoms with Crippen LogP contribution in [0.4, 0.5) is 5.69 Å². The number of nitro groups is 1. The summed E-state index contributed by atoms with van der Waals surface area (Å²) in [5, 5.41) is 11.2. The standard InChI is InChI=1S/C11H10N2O4/c1-2-17-11(14)9-6-12-10-5-7(13(15)16)3-4-8(9)10/h3-6,12H,2H2,1H3. The van der Waals surface area contributed by atoms with Crippen molar-refractivity contribution in [1.82, 2.24) is 4.98 Å². The fourth-order valence-corrected chi connectivity index (χ4v) is 1.61. The third-order valence-electron chi connectivity index (χ3n) is 2.37. The maximum Gasteiger partial charge on any atom is 0.340 e. The van der Waals surface area contributed by atoms with E-state index < -0.39 is 10.9 Å². The molecule has 0 bridgehead atoms. The number of rotatable bonds is 3. The van der Waals surface area contributed by atoms with Gasteiger partial charge in [0.1, 0.15) is 0 Å². The van der Waals surface area contributed by atoms with Gasteiger partial charge in [-0.1, -0.05) is 0 Å². The first-order valence-electron chi connectivity index (χ1n) is 5.06. The van der Waals surface area contributed by atoms with Crippen LogP contribution in [-0.4, -0.2) is 22.5 Å². The number of hydrogen-bond donors (Lipinski definition) is 1. The van der Waals surface area contributed by atoms with E-state index in [4.69, 9.17) is 4.74 Å². The molecule has 2 aromatic rings.